The van der Waals surface area contributed by atoms with Gasteiger partial charge in [-0.15, -0.1) is 0 Å². The number of thioether (sulfide) groups is 1. The molecule has 0 radical (unpaired) electrons. The second-order valence-electron chi connectivity index (χ2n) is 7.84. The monoisotopic (exact) mass is 370 g/mol. The molecule has 1 amide bonds. The molecule has 2 aliphatic carbocycles. The average molecular weight is 371 g/mol. The lowest BCUT2D eigenvalue weighted by Crippen LogP contribution is -2.47. The third-order valence-corrected chi connectivity index (χ3v) is 9.35. The lowest BCUT2D eigenvalue weighted by atomic mass is 9.93. The number of hydrogen-bond acceptors (Lipinski definition) is 4. The second kappa shape index (κ2) is 6.31. The highest BCUT2D eigenvalue weighted by molar-refractivity contribution is 8.15. The third-order valence-electron chi connectivity index (χ3n) is 6.13. The summed E-state index contributed by atoms with van der Waals surface area (Å²) < 4.78 is 24.2. The fourth-order valence-electron chi connectivity index (χ4n) is 5.02. The molecule has 7 heteroatoms. The Balaban J connectivity index is 1.59. The molecule has 24 heavy (non-hydrogen) atoms. The van der Waals surface area contributed by atoms with Crippen molar-refractivity contribution in [3.63, 3.8) is 0 Å². The van der Waals surface area contributed by atoms with E-state index in [-0.39, 0.29) is 28.7 Å². The van der Waals surface area contributed by atoms with Gasteiger partial charge in [-0.05, 0) is 37.5 Å². The Bertz CT molecular complexity index is 661. The summed E-state index contributed by atoms with van der Waals surface area (Å²) in [5.41, 5.74) is 0. The smallest absolute Gasteiger partial charge is 0.248 e. The van der Waals surface area contributed by atoms with Crippen molar-refractivity contribution in [2.45, 2.75) is 69.2 Å². The molecule has 2 saturated carbocycles. The van der Waals surface area contributed by atoms with Gasteiger partial charge >= 0.3 is 0 Å². The van der Waals surface area contributed by atoms with Gasteiger partial charge in [-0.2, -0.15) is 4.99 Å². The maximum Gasteiger partial charge on any atom is 0.248 e. The summed E-state index contributed by atoms with van der Waals surface area (Å²) in [5.74, 6) is 1.88. The molecule has 4 rings (SSSR count). The maximum atomic E-state index is 12.2. The van der Waals surface area contributed by atoms with Crippen LogP contribution in [-0.2, 0) is 14.6 Å². The number of sulfone groups is 1. The number of rotatable bonds is 4. The van der Waals surface area contributed by atoms with Gasteiger partial charge in [-0.3, -0.25) is 4.79 Å². The van der Waals surface area contributed by atoms with Crippen LogP contribution < -0.4 is 0 Å². The molecule has 2 heterocycles. The van der Waals surface area contributed by atoms with E-state index in [4.69, 9.17) is 0 Å². The SMILES string of the molecule is CCCCC(=O)N=C1S[C@@H]2CS(=O)(=O)C[C@H]2N1[C@@H]1C[C@H]2CC[C@H]1C2. The van der Waals surface area contributed by atoms with E-state index in [1.165, 1.54) is 19.3 Å². The van der Waals surface area contributed by atoms with Crippen LogP contribution in [0.3, 0.4) is 0 Å². The zero-order valence-electron chi connectivity index (χ0n) is 14.2. The van der Waals surface area contributed by atoms with E-state index in [1.807, 2.05) is 0 Å². The largest absolute Gasteiger partial charge is 0.343 e. The van der Waals surface area contributed by atoms with E-state index in [2.05, 4.69) is 16.8 Å². The van der Waals surface area contributed by atoms with Crippen molar-refractivity contribution >= 4 is 32.7 Å². The minimum atomic E-state index is -2.95. The highest BCUT2D eigenvalue weighted by Gasteiger charge is 2.54. The van der Waals surface area contributed by atoms with Crippen LogP contribution in [0.25, 0.3) is 0 Å². The number of aliphatic imine (C=N–C) groups is 1. The van der Waals surface area contributed by atoms with Crippen molar-refractivity contribution in [2.24, 2.45) is 16.8 Å². The van der Waals surface area contributed by atoms with Gasteiger partial charge in [-0.25, -0.2) is 8.42 Å². The number of carbonyl (C=O) groups excluding carboxylic acids is 1. The summed E-state index contributed by atoms with van der Waals surface area (Å²) in [6.45, 7) is 2.07. The molecule has 2 saturated heterocycles. The highest BCUT2D eigenvalue weighted by atomic mass is 32.2. The van der Waals surface area contributed by atoms with E-state index in [0.717, 1.165) is 30.3 Å². The molecule has 134 valence electrons. The van der Waals surface area contributed by atoms with Crippen molar-refractivity contribution in [3.8, 4) is 0 Å². The first-order valence-corrected chi connectivity index (χ1v) is 11.9. The van der Waals surface area contributed by atoms with E-state index in [9.17, 15) is 13.2 Å². The first-order chi connectivity index (χ1) is 11.5. The van der Waals surface area contributed by atoms with Crippen LogP contribution in [0.2, 0.25) is 0 Å². The van der Waals surface area contributed by atoms with Gasteiger partial charge in [-0.1, -0.05) is 31.5 Å². The van der Waals surface area contributed by atoms with Gasteiger partial charge in [0.25, 0.3) is 0 Å². The lowest BCUT2D eigenvalue weighted by Gasteiger charge is -2.36. The van der Waals surface area contributed by atoms with Crippen LogP contribution in [0.15, 0.2) is 4.99 Å². The summed E-state index contributed by atoms with van der Waals surface area (Å²) in [6.07, 6.45) is 7.34. The molecule has 0 spiro atoms. The molecular formula is C17H26N2O3S2. The second-order valence-corrected chi connectivity index (χ2v) is 11.2. The van der Waals surface area contributed by atoms with Crippen molar-refractivity contribution in [3.05, 3.63) is 0 Å². The summed E-state index contributed by atoms with van der Waals surface area (Å²) >= 11 is 1.54. The Labute approximate surface area is 148 Å². The van der Waals surface area contributed by atoms with Crippen LogP contribution in [-0.4, -0.2) is 53.2 Å². The number of carbonyl (C=O) groups is 1. The highest BCUT2D eigenvalue weighted by Crippen LogP contribution is 2.51. The summed E-state index contributed by atoms with van der Waals surface area (Å²) in [4.78, 5) is 18.9. The van der Waals surface area contributed by atoms with Crippen molar-refractivity contribution in [1.29, 1.82) is 0 Å². The lowest BCUT2D eigenvalue weighted by molar-refractivity contribution is -0.117. The molecule has 0 N–H and O–H groups in total. The van der Waals surface area contributed by atoms with Gasteiger partial charge in [0.1, 0.15) is 0 Å². The van der Waals surface area contributed by atoms with Crippen molar-refractivity contribution in [2.75, 3.05) is 11.5 Å². The molecule has 0 aromatic heterocycles. The van der Waals surface area contributed by atoms with E-state index in [0.29, 0.717) is 18.4 Å². The zero-order valence-corrected chi connectivity index (χ0v) is 15.8. The Kier molecular flexibility index (Phi) is 4.44. The van der Waals surface area contributed by atoms with Crippen LogP contribution in [0.1, 0.15) is 51.9 Å². The van der Waals surface area contributed by atoms with Crippen molar-refractivity contribution in [1.82, 2.24) is 4.90 Å². The normalized spacial score (nSPS) is 41.3. The number of amidine groups is 1. The maximum absolute atomic E-state index is 12.2. The first-order valence-electron chi connectivity index (χ1n) is 9.24. The molecule has 2 bridgehead atoms. The van der Waals surface area contributed by atoms with E-state index in [1.54, 1.807) is 11.8 Å². The number of unbranched alkanes of at least 4 members (excludes halogenated alkanes) is 1. The van der Waals surface area contributed by atoms with Crippen molar-refractivity contribution < 1.29 is 13.2 Å². The van der Waals surface area contributed by atoms with Crippen LogP contribution in [0, 0.1) is 11.8 Å². The quantitative estimate of drug-likeness (QED) is 0.760. The molecule has 4 aliphatic rings. The Morgan fingerprint density at radius 2 is 2.08 bits per heavy atom. The van der Waals surface area contributed by atoms with E-state index < -0.39 is 9.84 Å². The predicted octanol–water partition coefficient (Wildman–Crippen LogP) is 2.46. The first kappa shape index (κ1) is 16.9. The Morgan fingerprint density at radius 3 is 2.75 bits per heavy atom. The minimum absolute atomic E-state index is 0.0297. The number of nitrogens with zero attached hydrogens (tertiary/aromatic N) is 2. The third kappa shape index (κ3) is 3.02. The number of amides is 1. The average Bonchev–Trinajstić information content (AvgIpc) is 3.24. The van der Waals surface area contributed by atoms with E-state index >= 15 is 0 Å². The molecule has 5 atom stereocenters. The Hall–Kier alpha value is -0.560. The van der Waals surface area contributed by atoms with Crippen LogP contribution in [0.5, 0.6) is 0 Å². The summed E-state index contributed by atoms with van der Waals surface area (Å²) in [6, 6.07) is 0.430. The van der Waals surface area contributed by atoms with Gasteiger partial charge in [0.15, 0.2) is 15.0 Å². The molecule has 0 aromatic rings. The standard InChI is InChI=1S/C17H26N2O3S2/c1-2-3-4-16(20)18-17-19(13-8-11-5-6-12(13)7-11)14-9-24(21,22)10-15(14)23-17/h11-15H,2-10H2,1H3/t11-,12-,13+,14+,15+/m0/s1. The molecule has 4 fully saturated rings. The molecule has 2 aliphatic heterocycles. The van der Waals surface area contributed by atoms with Gasteiger partial charge in [0.2, 0.25) is 5.91 Å². The minimum Gasteiger partial charge on any atom is -0.343 e. The van der Waals surface area contributed by atoms with Crippen LogP contribution >= 0.6 is 11.8 Å². The molecule has 5 nitrogen and oxygen atoms in total. The van der Waals surface area contributed by atoms with Crippen LogP contribution in [0.4, 0.5) is 0 Å². The number of hydrogen-bond donors (Lipinski definition) is 0. The summed E-state index contributed by atoms with van der Waals surface area (Å²) in [5, 5.41) is 0.880. The Morgan fingerprint density at radius 1 is 1.25 bits per heavy atom. The zero-order chi connectivity index (χ0) is 16.9. The van der Waals surface area contributed by atoms with Gasteiger partial charge in [0, 0.05) is 17.7 Å². The van der Waals surface area contributed by atoms with Gasteiger partial charge < -0.3 is 4.90 Å². The topological polar surface area (TPSA) is 66.8 Å². The number of fused-ring (bicyclic) bond motifs is 3. The fraction of sp³-hybridized carbons (Fsp3) is 0.882. The predicted molar refractivity (Wildman–Crippen MR) is 96.9 cm³/mol. The van der Waals surface area contributed by atoms with Gasteiger partial charge in [0.05, 0.1) is 17.5 Å². The fourth-order valence-corrected chi connectivity index (χ4v) is 9.01. The molecule has 0 unspecified atom stereocenters. The molecular weight excluding hydrogens is 344 g/mol. The summed E-state index contributed by atoms with van der Waals surface area (Å²) in [7, 11) is -2.95. The molecule has 0 aromatic carbocycles.